The van der Waals surface area contributed by atoms with Crippen LogP contribution in [-0.2, 0) is 0 Å². The zero-order valence-corrected chi connectivity index (χ0v) is 10.5. The maximum Gasteiger partial charge on any atom is 0.265 e. The molecule has 3 rings (SSSR count). The van der Waals surface area contributed by atoms with Crippen LogP contribution in [0.5, 0.6) is 0 Å². The molecule has 0 radical (unpaired) electrons. The van der Waals surface area contributed by atoms with Crippen molar-refractivity contribution < 1.29 is 4.79 Å². The molecule has 2 nitrogen and oxygen atoms in total. The fourth-order valence-electron chi connectivity index (χ4n) is 1.62. The van der Waals surface area contributed by atoms with Gasteiger partial charge in [0.2, 0.25) is 0 Å². The van der Waals surface area contributed by atoms with Crippen molar-refractivity contribution >= 4 is 44.4 Å². The van der Waals surface area contributed by atoms with E-state index in [-0.39, 0.29) is 5.91 Å². The Kier molecular flexibility index (Phi) is 2.66. The average molecular weight is 259 g/mol. The number of rotatable bonds is 2. The van der Waals surface area contributed by atoms with Crippen molar-refractivity contribution in [3.05, 3.63) is 52.0 Å². The third-order valence-corrected chi connectivity index (χ3v) is 4.23. The number of thiophene rings is 2. The number of fused-ring (bicyclic) bond motifs is 1. The molecule has 2 heterocycles. The minimum atomic E-state index is -0.0374. The van der Waals surface area contributed by atoms with Crippen LogP contribution in [0.15, 0.2) is 47.2 Å². The Labute approximate surface area is 107 Å². The Morgan fingerprint density at radius 2 is 2.06 bits per heavy atom. The summed E-state index contributed by atoms with van der Waals surface area (Å²) in [4.78, 5) is 12.7. The highest BCUT2D eigenvalue weighted by molar-refractivity contribution is 7.20. The van der Waals surface area contributed by atoms with E-state index in [2.05, 4.69) is 5.32 Å². The summed E-state index contributed by atoms with van der Waals surface area (Å²) in [5.74, 6) is -0.0374. The second-order valence-corrected chi connectivity index (χ2v) is 5.48. The predicted octanol–water partition coefficient (Wildman–Crippen LogP) is 4.22. The number of carbonyl (C=O) groups is 1. The molecule has 0 unspecified atom stereocenters. The van der Waals surface area contributed by atoms with Crippen LogP contribution < -0.4 is 5.32 Å². The Morgan fingerprint density at radius 3 is 2.82 bits per heavy atom. The molecule has 84 valence electrons. The van der Waals surface area contributed by atoms with Gasteiger partial charge in [0.1, 0.15) is 0 Å². The molecular formula is C13H9NOS2. The minimum absolute atomic E-state index is 0.0374. The lowest BCUT2D eigenvalue weighted by atomic mass is 10.2. The van der Waals surface area contributed by atoms with E-state index in [0.717, 1.165) is 20.7 Å². The molecule has 0 aliphatic heterocycles. The number of anilines is 1. The summed E-state index contributed by atoms with van der Waals surface area (Å²) in [6, 6.07) is 11.8. The topological polar surface area (TPSA) is 29.1 Å². The molecule has 0 bridgehead atoms. The first-order chi connectivity index (χ1) is 8.33. The van der Waals surface area contributed by atoms with Crippen LogP contribution in [0.1, 0.15) is 9.67 Å². The number of hydrogen-bond acceptors (Lipinski definition) is 3. The van der Waals surface area contributed by atoms with E-state index in [0.29, 0.717) is 0 Å². The van der Waals surface area contributed by atoms with Crippen LogP contribution in [0.4, 0.5) is 5.69 Å². The van der Waals surface area contributed by atoms with E-state index < -0.39 is 0 Å². The van der Waals surface area contributed by atoms with Crippen molar-refractivity contribution in [1.29, 1.82) is 0 Å². The smallest absolute Gasteiger partial charge is 0.265 e. The summed E-state index contributed by atoms with van der Waals surface area (Å²) < 4.78 is 1.14. The van der Waals surface area contributed by atoms with Crippen molar-refractivity contribution in [3.63, 3.8) is 0 Å². The second-order valence-electron chi connectivity index (χ2n) is 3.61. The first kappa shape index (κ1) is 10.5. The number of carbonyl (C=O) groups excluding carboxylic acids is 1. The van der Waals surface area contributed by atoms with Gasteiger partial charge in [-0.1, -0.05) is 18.2 Å². The third-order valence-electron chi connectivity index (χ3n) is 2.43. The normalized spacial score (nSPS) is 10.6. The molecule has 4 heteroatoms. The monoisotopic (exact) mass is 259 g/mol. The lowest BCUT2D eigenvalue weighted by Crippen LogP contribution is -2.08. The molecule has 17 heavy (non-hydrogen) atoms. The molecular weight excluding hydrogens is 250 g/mol. The van der Waals surface area contributed by atoms with Gasteiger partial charge in [-0.2, -0.15) is 11.3 Å². The SMILES string of the molecule is O=C(Nc1ccsc1)c1cc2ccccc2s1. The first-order valence-corrected chi connectivity index (χ1v) is 6.91. The van der Waals surface area contributed by atoms with Gasteiger partial charge in [0.25, 0.3) is 5.91 Å². The Morgan fingerprint density at radius 1 is 1.18 bits per heavy atom. The highest BCUT2D eigenvalue weighted by atomic mass is 32.1. The van der Waals surface area contributed by atoms with Crippen molar-refractivity contribution in [2.45, 2.75) is 0 Å². The van der Waals surface area contributed by atoms with Crippen molar-refractivity contribution in [3.8, 4) is 0 Å². The summed E-state index contributed by atoms with van der Waals surface area (Å²) in [6.45, 7) is 0. The van der Waals surface area contributed by atoms with Crippen molar-refractivity contribution in [1.82, 2.24) is 0 Å². The van der Waals surface area contributed by atoms with Gasteiger partial charge in [-0.15, -0.1) is 11.3 Å². The standard InChI is InChI=1S/C13H9NOS2/c15-13(14-10-5-6-16-8-10)12-7-9-3-1-2-4-11(9)17-12/h1-8H,(H,14,15). The van der Waals surface area contributed by atoms with Crippen LogP contribution in [0.25, 0.3) is 10.1 Å². The molecule has 1 N–H and O–H groups in total. The molecule has 1 amide bonds. The Balaban J connectivity index is 1.90. The molecule has 0 spiro atoms. The molecule has 0 saturated heterocycles. The maximum atomic E-state index is 12.0. The summed E-state index contributed by atoms with van der Waals surface area (Å²) in [5.41, 5.74) is 0.859. The van der Waals surface area contributed by atoms with Gasteiger partial charge in [-0.25, -0.2) is 0 Å². The van der Waals surface area contributed by atoms with E-state index in [9.17, 15) is 4.79 Å². The van der Waals surface area contributed by atoms with E-state index >= 15 is 0 Å². The van der Waals surface area contributed by atoms with Crippen LogP contribution in [0, 0.1) is 0 Å². The zero-order valence-electron chi connectivity index (χ0n) is 8.84. The summed E-state index contributed by atoms with van der Waals surface area (Å²) >= 11 is 3.09. The summed E-state index contributed by atoms with van der Waals surface area (Å²) in [7, 11) is 0. The van der Waals surface area contributed by atoms with E-state index in [1.807, 2.05) is 47.2 Å². The number of nitrogens with one attached hydrogen (secondary N) is 1. The van der Waals surface area contributed by atoms with Gasteiger partial charge in [0, 0.05) is 10.1 Å². The fraction of sp³-hybridized carbons (Fsp3) is 0. The molecule has 0 saturated carbocycles. The molecule has 2 aromatic heterocycles. The number of benzene rings is 1. The third kappa shape index (κ3) is 2.09. The minimum Gasteiger partial charge on any atom is -0.321 e. The molecule has 0 aliphatic rings. The van der Waals surface area contributed by atoms with Crippen molar-refractivity contribution in [2.75, 3.05) is 5.32 Å². The Bertz CT molecular complexity index is 622. The van der Waals surface area contributed by atoms with E-state index in [1.54, 1.807) is 11.3 Å². The maximum absolute atomic E-state index is 12.0. The number of amides is 1. The van der Waals surface area contributed by atoms with Crippen LogP contribution in [-0.4, -0.2) is 5.91 Å². The largest absolute Gasteiger partial charge is 0.321 e. The van der Waals surface area contributed by atoms with Gasteiger partial charge in [0.05, 0.1) is 10.6 Å². The highest BCUT2D eigenvalue weighted by Gasteiger charge is 2.10. The van der Waals surface area contributed by atoms with Gasteiger partial charge < -0.3 is 5.32 Å². The number of hydrogen-bond donors (Lipinski definition) is 1. The van der Waals surface area contributed by atoms with Crippen molar-refractivity contribution in [2.24, 2.45) is 0 Å². The quantitative estimate of drug-likeness (QED) is 0.733. The second kappa shape index (κ2) is 4.31. The van der Waals surface area contributed by atoms with Crippen LogP contribution in [0.2, 0.25) is 0 Å². The molecule has 0 aliphatic carbocycles. The van der Waals surface area contributed by atoms with Gasteiger partial charge >= 0.3 is 0 Å². The lowest BCUT2D eigenvalue weighted by molar-refractivity contribution is 0.103. The van der Waals surface area contributed by atoms with E-state index in [1.165, 1.54) is 11.3 Å². The molecule has 3 aromatic rings. The highest BCUT2D eigenvalue weighted by Crippen LogP contribution is 2.26. The van der Waals surface area contributed by atoms with Crippen LogP contribution >= 0.6 is 22.7 Å². The molecule has 0 atom stereocenters. The zero-order chi connectivity index (χ0) is 11.7. The summed E-state index contributed by atoms with van der Waals surface area (Å²) in [6.07, 6.45) is 0. The van der Waals surface area contributed by atoms with Gasteiger partial charge in [-0.05, 0) is 29.0 Å². The first-order valence-electron chi connectivity index (χ1n) is 5.15. The van der Waals surface area contributed by atoms with Gasteiger partial charge in [0.15, 0.2) is 0 Å². The van der Waals surface area contributed by atoms with Crippen LogP contribution in [0.3, 0.4) is 0 Å². The van der Waals surface area contributed by atoms with Gasteiger partial charge in [-0.3, -0.25) is 4.79 Å². The Hall–Kier alpha value is -1.65. The molecule has 0 fully saturated rings. The predicted molar refractivity (Wildman–Crippen MR) is 74.1 cm³/mol. The average Bonchev–Trinajstić information content (AvgIpc) is 2.96. The molecule has 1 aromatic carbocycles. The fourth-order valence-corrected chi connectivity index (χ4v) is 3.17. The van der Waals surface area contributed by atoms with E-state index in [4.69, 9.17) is 0 Å². The summed E-state index contributed by atoms with van der Waals surface area (Å²) in [5, 5.41) is 7.87. The lowest BCUT2D eigenvalue weighted by Gasteiger charge is -1.98.